The summed E-state index contributed by atoms with van der Waals surface area (Å²) in [6.07, 6.45) is 13.1. The van der Waals surface area contributed by atoms with Crippen LogP contribution in [0, 0.1) is 96.0 Å². The van der Waals surface area contributed by atoms with Gasteiger partial charge in [0.1, 0.15) is 64.0 Å². The summed E-state index contributed by atoms with van der Waals surface area (Å²) in [7, 11) is 1.66. The SMILES string of the molecule is CCOC(=O)/C(C#N)=C/c1cn(Cc2cc(C)cc(C(F)(F)F)c2)c2ccccc12.CCOC(=O)/C(C#N)=C/c1cn(Cc2cc(C)cc(F)c2)c2ccccc12.CCOC(=O)/C(C#N)=C/c1cn(Cc2ccc(C)c(F)c2)c2ccccc12.CCOC(=O)/C(C#N)=C/c1cn(Cc2ccc(C)cc2)c2ccccc12.COc1ccc(-n2cc(/C=C(/C)C#N)c3ccccc32)cc1. The van der Waals surface area contributed by atoms with Crippen molar-refractivity contribution in [1.82, 2.24) is 22.8 Å². The van der Waals surface area contributed by atoms with Crippen LogP contribution >= 0.6 is 0 Å². The van der Waals surface area contributed by atoms with Gasteiger partial charge in [0.25, 0.3) is 0 Å². The van der Waals surface area contributed by atoms with Crippen molar-refractivity contribution in [3.05, 3.63) is 373 Å². The minimum absolute atomic E-state index is 0.00471. The van der Waals surface area contributed by atoms with Crippen LogP contribution < -0.4 is 4.74 Å². The van der Waals surface area contributed by atoms with Gasteiger partial charge in [-0.25, -0.2) is 28.0 Å². The van der Waals surface area contributed by atoms with Gasteiger partial charge in [-0.05, 0) is 211 Å². The van der Waals surface area contributed by atoms with Crippen molar-refractivity contribution in [3.8, 4) is 41.8 Å². The number of para-hydroxylation sites is 5. The van der Waals surface area contributed by atoms with E-state index in [4.69, 9.17) is 28.9 Å². The second kappa shape index (κ2) is 45.2. The number of hydrogen-bond donors (Lipinski definition) is 0. The lowest BCUT2D eigenvalue weighted by molar-refractivity contribution is -0.138. The molecule has 0 saturated heterocycles. The Labute approximate surface area is 761 Å². The summed E-state index contributed by atoms with van der Waals surface area (Å²) in [5, 5.41) is 50.9. The Morgan fingerprint density at radius 2 is 0.705 bits per heavy atom. The number of carbonyl (C=O) groups excluding carboxylic acids is 4. The molecule has 5 aromatic heterocycles. The number of allylic oxidation sites excluding steroid dienone is 1. The summed E-state index contributed by atoms with van der Waals surface area (Å²) in [6.45, 7) is 18.5. The molecule has 0 radical (unpaired) electrons. The minimum Gasteiger partial charge on any atom is -0.497 e. The summed E-state index contributed by atoms with van der Waals surface area (Å²) in [6, 6.07) is 79.0. The van der Waals surface area contributed by atoms with E-state index in [9.17, 15) is 62.2 Å². The molecule has 0 spiro atoms. The molecule has 15 rings (SSSR count). The number of carbonyl (C=O) groups is 4. The molecule has 19 nitrogen and oxygen atoms in total. The molecule has 5 heterocycles. The van der Waals surface area contributed by atoms with Crippen molar-refractivity contribution in [2.75, 3.05) is 33.5 Å². The topological polar surface area (TPSA) is 258 Å². The van der Waals surface area contributed by atoms with Gasteiger partial charge in [-0.2, -0.15) is 39.5 Å². The zero-order valence-electron chi connectivity index (χ0n) is 74.3. The standard InChI is InChI=1S/C23H19F3N2O2.2C22H19FN2O2.C22H20N2O2.C19H16N2O/c1-3-30-22(29)17(12-27)11-18-14-28(21-7-5-4-6-20(18)21)13-16-8-15(2)9-19(10-16)23(24,25)26;1-3-27-22(26)17(12-24)11-18-14-25(21-7-5-4-6-20(18)21)13-16-8-15(2)9-19(23)10-16;1-3-27-22(26)17(12-24)11-18-14-25(21-7-5-4-6-19(18)21)13-16-9-8-15(2)20(23)10-16;1-3-26-22(25)18(13-23)12-19-15-24(21-7-5-4-6-20(19)21)14-17-10-8-16(2)9-11-17;1-14(12-20)11-15-13-21(19-6-4-3-5-18(15)19)16-7-9-17(22-2)10-8-16/h4-11,14H,3,13H2,1-2H3;2*4-11,14H,3,13H2,1-2H3;4-12,15H,3,14H2,1-2H3;3-11,13H,1-2H3/b3*17-11+;18-12+;14-11-. The number of aromatic nitrogens is 5. The molecular formula is C108H93F5N10O9. The van der Waals surface area contributed by atoms with Crippen LogP contribution in [0.15, 0.2) is 283 Å². The van der Waals surface area contributed by atoms with Gasteiger partial charge in [-0.1, -0.05) is 151 Å². The number of halogens is 5. The first-order valence-electron chi connectivity index (χ1n) is 42.2. The summed E-state index contributed by atoms with van der Waals surface area (Å²) in [4.78, 5) is 47.7. The van der Waals surface area contributed by atoms with Crippen LogP contribution in [-0.2, 0) is 70.5 Å². The molecule has 0 amide bonds. The molecule has 132 heavy (non-hydrogen) atoms. The molecule has 0 aliphatic rings. The van der Waals surface area contributed by atoms with E-state index in [2.05, 4.69) is 64.7 Å². The zero-order valence-corrected chi connectivity index (χ0v) is 74.3. The normalized spacial score (nSPS) is 11.5. The summed E-state index contributed by atoms with van der Waals surface area (Å²) >= 11 is 0. The second-order valence-electron chi connectivity index (χ2n) is 30.5. The first kappa shape index (κ1) is 96.0. The molecule has 0 unspecified atom stereocenters. The molecule has 24 heteroatoms. The highest BCUT2D eigenvalue weighted by Gasteiger charge is 2.31. The molecule has 0 saturated carbocycles. The number of benzene rings is 10. The fraction of sp³-hybridized carbons (Fsp3) is 0.176. The lowest BCUT2D eigenvalue weighted by Crippen LogP contribution is -2.07. The van der Waals surface area contributed by atoms with E-state index >= 15 is 0 Å². The maximum atomic E-state index is 13.9. The van der Waals surface area contributed by atoms with Gasteiger partial charge < -0.3 is 46.5 Å². The third kappa shape index (κ3) is 24.6. The van der Waals surface area contributed by atoms with Crippen LogP contribution in [0.2, 0.25) is 0 Å². The molecule has 0 aliphatic carbocycles. The summed E-state index contributed by atoms with van der Waals surface area (Å²) in [5.74, 6) is -2.26. The Kier molecular flexibility index (Phi) is 32.9. The van der Waals surface area contributed by atoms with Crippen LogP contribution in [0.1, 0.15) is 113 Å². The maximum absolute atomic E-state index is 13.9. The molecule has 0 N–H and O–H groups in total. The second-order valence-corrected chi connectivity index (χ2v) is 30.5. The average molecular weight is 1770 g/mol. The van der Waals surface area contributed by atoms with Gasteiger partial charge in [-0.3, -0.25) is 0 Å². The summed E-state index contributed by atoms with van der Waals surface area (Å²) in [5.41, 5.74) is 16.2. The van der Waals surface area contributed by atoms with Crippen LogP contribution in [0.3, 0.4) is 0 Å². The number of rotatable bonds is 23. The average Bonchev–Trinajstić information content (AvgIpc) is 1.65. The predicted octanol–water partition coefficient (Wildman–Crippen LogP) is 23.7. The third-order valence-corrected chi connectivity index (χ3v) is 20.9. The Bertz CT molecular complexity index is 7160. The van der Waals surface area contributed by atoms with Crippen molar-refractivity contribution in [3.63, 3.8) is 0 Å². The highest BCUT2D eigenvalue weighted by atomic mass is 19.4. The number of nitriles is 5. The van der Waals surface area contributed by atoms with E-state index in [1.807, 2.05) is 218 Å². The molecule has 10 aromatic carbocycles. The van der Waals surface area contributed by atoms with E-state index in [0.29, 0.717) is 40.9 Å². The highest BCUT2D eigenvalue weighted by molar-refractivity contribution is 6.05. The largest absolute Gasteiger partial charge is 0.497 e. The monoisotopic (exact) mass is 1770 g/mol. The van der Waals surface area contributed by atoms with E-state index in [-0.39, 0.29) is 66.9 Å². The quantitative estimate of drug-likeness (QED) is 0.0190. The minimum atomic E-state index is -4.42. The lowest BCUT2D eigenvalue weighted by Gasteiger charge is -2.12. The highest BCUT2D eigenvalue weighted by Crippen LogP contribution is 2.35. The van der Waals surface area contributed by atoms with E-state index in [1.54, 1.807) is 77.6 Å². The number of hydrogen-bond acceptors (Lipinski definition) is 14. The Morgan fingerprint density at radius 3 is 1.06 bits per heavy atom. The molecule has 0 atom stereocenters. The van der Waals surface area contributed by atoms with Gasteiger partial charge in [0, 0.05) is 145 Å². The predicted molar refractivity (Wildman–Crippen MR) is 504 cm³/mol. The fourth-order valence-electron chi connectivity index (χ4n) is 14.9. The number of methoxy groups -OCH3 is 1. The Balaban J connectivity index is 0.000000160. The van der Waals surface area contributed by atoms with Gasteiger partial charge in [0.2, 0.25) is 0 Å². The van der Waals surface area contributed by atoms with Crippen molar-refractivity contribution in [2.24, 2.45) is 0 Å². The Hall–Kier alpha value is -16.6. The Morgan fingerprint density at radius 1 is 0.364 bits per heavy atom. The maximum Gasteiger partial charge on any atom is 0.416 e. The zero-order chi connectivity index (χ0) is 94.7. The number of aryl methyl sites for hydroxylation is 4. The third-order valence-electron chi connectivity index (χ3n) is 20.9. The van der Waals surface area contributed by atoms with E-state index in [1.165, 1.54) is 47.6 Å². The van der Waals surface area contributed by atoms with Crippen LogP contribution in [0.5, 0.6) is 5.75 Å². The smallest absolute Gasteiger partial charge is 0.416 e. The lowest BCUT2D eigenvalue weighted by atomic mass is 10.1. The van der Waals surface area contributed by atoms with Crippen LogP contribution in [0.25, 0.3) is 90.6 Å². The van der Waals surface area contributed by atoms with Crippen molar-refractivity contribution in [2.45, 2.75) is 94.7 Å². The van der Waals surface area contributed by atoms with Crippen molar-refractivity contribution < 1.29 is 64.8 Å². The number of ether oxygens (including phenoxy) is 5. The molecule has 0 fully saturated rings. The van der Waals surface area contributed by atoms with Gasteiger partial charge in [0.05, 0.1) is 50.7 Å². The molecule has 664 valence electrons. The number of nitrogens with zero attached hydrogens (tertiary/aromatic N) is 10. The number of alkyl halides is 3. The van der Waals surface area contributed by atoms with Gasteiger partial charge in [-0.15, -0.1) is 0 Å². The van der Waals surface area contributed by atoms with E-state index in [0.717, 1.165) is 124 Å². The van der Waals surface area contributed by atoms with Crippen LogP contribution in [-0.4, -0.2) is 80.3 Å². The first-order chi connectivity index (χ1) is 63.6. The molecule has 0 bridgehead atoms. The van der Waals surface area contributed by atoms with Crippen LogP contribution in [0.4, 0.5) is 22.0 Å². The van der Waals surface area contributed by atoms with Gasteiger partial charge in [0.15, 0.2) is 0 Å². The summed E-state index contributed by atoms with van der Waals surface area (Å²) < 4.78 is 102. The number of esters is 4. The van der Waals surface area contributed by atoms with Crippen molar-refractivity contribution in [1.29, 1.82) is 26.3 Å². The van der Waals surface area contributed by atoms with Gasteiger partial charge >= 0.3 is 30.1 Å². The first-order valence-corrected chi connectivity index (χ1v) is 42.2. The molecular weight excluding hydrogens is 1680 g/mol. The van der Waals surface area contributed by atoms with Crippen molar-refractivity contribution >= 4 is 109 Å². The molecule has 15 aromatic rings. The fourth-order valence-corrected chi connectivity index (χ4v) is 14.9. The number of fused-ring (bicyclic) bond motifs is 5. The molecule has 0 aliphatic heterocycles. The van der Waals surface area contributed by atoms with E-state index < -0.39 is 35.6 Å².